The number of aromatic carboxylic acids is 1. The molecule has 0 aliphatic rings. The van der Waals surface area contributed by atoms with Crippen LogP contribution in [-0.4, -0.2) is 24.2 Å². The fourth-order valence-corrected chi connectivity index (χ4v) is 1.94. The first-order chi connectivity index (χ1) is 9.61. The van der Waals surface area contributed by atoms with Crippen LogP contribution in [0.4, 0.5) is 0 Å². The van der Waals surface area contributed by atoms with Crippen molar-refractivity contribution in [1.82, 2.24) is 0 Å². The van der Waals surface area contributed by atoms with Crippen LogP contribution in [0.2, 0.25) is 0 Å². The van der Waals surface area contributed by atoms with Crippen LogP contribution in [0, 0.1) is 6.07 Å². The summed E-state index contributed by atoms with van der Waals surface area (Å²) in [7, 11) is 1.33. The van der Waals surface area contributed by atoms with E-state index in [0.29, 0.717) is 17.5 Å². The summed E-state index contributed by atoms with van der Waals surface area (Å²) in [6.45, 7) is 0. The lowest BCUT2D eigenvalue weighted by molar-refractivity contribution is 0.0598. The van der Waals surface area contributed by atoms with Gasteiger partial charge < -0.3 is 9.84 Å². The fourth-order valence-electron chi connectivity index (χ4n) is 1.94. The summed E-state index contributed by atoms with van der Waals surface area (Å²) in [6, 6.07) is 14.7. The molecule has 101 valence electrons. The van der Waals surface area contributed by atoms with Gasteiger partial charge in [-0.3, -0.25) is 0 Å². The maximum atomic E-state index is 11.7. The molecule has 0 spiro atoms. The summed E-state index contributed by atoms with van der Waals surface area (Å²) in [6.07, 6.45) is 0.423. The molecule has 4 nitrogen and oxygen atoms in total. The van der Waals surface area contributed by atoms with E-state index in [4.69, 9.17) is 9.84 Å². The zero-order valence-corrected chi connectivity index (χ0v) is 10.9. The largest absolute Gasteiger partial charge is 0.478 e. The van der Waals surface area contributed by atoms with Gasteiger partial charge in [0.2, 0.25) is 0 Å². The summed E-state index contributed by atoms with van der Waals surface area (Å²) < 4.78 is 4.73. The van der Waals surface area contributed by atoms with Gasteiger partial charge in [0.05, 0.1) is 18.2 Å². The van der Waals surface area contributed by atoms with Crippen molar-refractivity contribution in [2.75, 3.05) is 7.11 Å². The molecule has 2 rings (SSSR count). The minimum atomic E-state index is -0.985. The van der Waals surface area contributed by atoms with Gasteiger partial charge in [-0.2, -0.15) is 0 Å². The number of rotatable bonds is 4. The van der Waals surface area contributed by atoms with Gasteiger partial charge >= 0.3 is 11.9 Å². The second kappa shape index (κ2) is 6.02. The Balaban J connectivity index is 2.33. The number of ether oxygens (including phenoxy) is 1. The van der Waals surface area contributed by atoms with E-state index < -0.39 is 11.9 Å². The Morgan fingerprint density at radius 1 is 1.25 bits per heavy atom. The molecule has 20 heavy (non-hydrogen) atoms. The predicted octanol–water partition coefficient (Wildman–Crippen LogP) is 2.56. The molecule has 0 fully saturated rings. The number of carbonyl (C=O) groups excluding carboxylic acids is 1. The average Bonchev–Trinajstić information content (AvgIpc) is 2.47. The zero-order chi connectivity index (χ0) is 14.5. The molecular weight excluding hydrogens is 256 g/mol. The standard InChI is InChI=1S/C16H13O4/c1-20-16(19)14-8-3-2-6-12(14)9-11-5-4-7-13(10-11)15(17)18/h2-4,6-8,10H,9H2,1H3,(H,17,18). The first-order valence-electron chi connectivity index (χ1n) is 6.02. The molecule has 2 aromatic carbocycles. The summed E-state index contributed by atoms with van der Waals surface area (Å²) >= 11 is 0. The summed E-state index contributed by atoms with van der Waals surface area (Å²) in [5, 5.41) is 8.97. The molecular formula is C16H13O4. The minimum absolute atomic E-state index is 0.203. The molecule has 1 radical (unpaired) electrons. The quantitative estimate of drug-likeness (QED) is 0.866. The Morgan fingerprint density at radius 2 is 2.00 bits per heavy atom. The zero-order valence-electron chi connectivity index (χ0n) is 10.9. The van der Waals surface area contributed by atoms with Crippen LogP contribution in [0.3, 0.4) is 0 Å². The van der Waals surface area contributed by atoms with Gasteiger partial charge in [0.25, 0.3) is 0 Å². The van der Waals surface area contributed by atoms with Crippen LogP contribution in [0.5, 0.6) is 0 Å². The second-order valence-electron chi connectivity index (χ2n) is 4.23. The molecule has 0 saturated heterocycles. The van der Waals surface area contributed by atoms with Crippen LogP contribution >= 0.6 is 0 Å². The van der Waals surface area contributed by atoms with Crippen molar-refractivity contribution >= 4 is 11.9 Å². The van der Waals surface area contributed by atoms with Gasteiger partial charge in [-0.05, 0) is 41.8 Å². The highest BCUT2D eigenvalue weighted by Crippen LogP contribution is 2.16. The van der Waals surface area contributed by atoms with E-state index in [9.17, 15) is 9.59 Å². The number of carbonyl (C=O) groups is 2. The summed E-state index contributed by atoms with van der Waals surface area (Å²) in [5.41, 5.74) is 2.16. The molecule has 0 bridgehead atoms. The van der Waals surface area contributed by atoms with Crippen molar-refractivity contribution in [3.63, 3.8) is 0 Å². The first-order valence-corrected chi connectivity index (χ1v) is 6.02. The predicted molar refractivity (Wildman–Crippen MR) is 72.8 cm³/mol. The van der Waals surface area contributed by atoms with Gasteiger partial charge in [0.15, 0.2) is 0 Å². The third-order valence-electron chi connectivity index (χ3n) is 2.91. The monoisotopic (exact) mass is 269 g/mol. The van der Waals surface area contributed by atoms with Gasteiger partial charge in [-0.15, -0.1) is 0 Å². The van der Waals surface area contributed by atoms with Crippen LogP contribution in [0.25, 0.3) is 0 Å². The first kappa shape index (κ1) is 13.8. The normalized spacial score (nSPS) is 10.1. The number of hydrogen-bond acceptors (Lipinski definition) is 3. The Morgan fingerprint density at radius 3 is 2.70 bits per heavy atom. The molecule has 4 heteroatoms. The number of benzene rings is 2. The molecule has 0 aromatic heterocycles. The van der Waals surface area contributed by atoms with Crippen molar-refractivity contribution in [2.24, 2.45) is 0 Å². The second-order valence-corrected chi connectivity index (χ2v) is 4.23. The lowest BCUT2D eigenvalue weighted by Gasteiger charge is -2.08. The molecule has 0 heterocycles. The van der Waals surface area contributed by atoms with Gasteiger partial charge in [-0.1, -0.05) is 24.3 Å². The Kier molecular flexibility index (Phi) is 4.15. The van der Waals surface area contributed by atoms with Crippen LogP contribution < -0.4 is 0 Å². The lowest BCUT2D eigenvalue weighted by Crippen LogP contribution is -2.06. The number of carboxylic acids is 1. The van der Waals surface area contributed by atoms with E-state index in [0.717, 1.165) is 5.56 Å². The number of carboxylic acid groups (broad SMARTS) is 1. The van der Waals surface area contributed by atoms with E-state index in [-0.39, 0.29) is 5.56 Å². The molecule has 0 saturated carbocycles. The van der Waals surface area contributed by atoms with Crippen molar-refractivity contribution < 1.29 is 19.4 Å². The molecule has 0 amide bonds. The molecule has 0 unspecified atom stereocenters. The highest BCUT2D eigenvalue weighted by atomic mass is 16.5. The van der Waals surface area contributed by atoms with Gasteiger partial charge in [-0.25, -0.2) is 9.59 Å². The lowest BCUT2D eigenvalue weighted by atomic mass is 9.98. The summed E-state index contributed by atoms with van der Waals surface area (Å²) in [4.78, 5) is 22.6. The van der Waals surface area contributed by atoms with Gasteiger partial charge in [0, 0.05) is 0 Å². The Bertz CT molecular complexity index is 646. The van der Waals surface area contributed by atoms with Crippen molar-refractivity contribution in [2.45, 2.75) is 6.42 Å². The van der Waals surface area contributed by atoms with E-state index in [1.165, 1.54) is 13.2 Å². The van der Waals surface area contributed by atoms with Crippen molar-refractivity contribution in [3.8, 4) is 0 Å². The number of methoxy groups -OCH3 is 1. The average molecular weight is 269 g/mol. The van der Waals surface area contributed by atoms with E-state index in [1.807, 2.05) is 12.1 Å². The molecule has 2 aromatic rings. The fraction of sp³-hybridized carbons (Fsp3) is 0.125. The van der Waals surface area contributed by atoms with E-state index in [2.05, 4.69) is 6.07 Å². The topological polar surface area (TPSA) is 63.6 Å². The molecule has 0 atom stereocenters. The highest BCUT2D eigenvalue weighted by molar-refractivity contribution is 5.91. The van der Waals surface area contributed by atoms with Gasteiger partial charge in [0.1, 0.15) is 0 Å². The maximum Gasteiger partial charge on any atom is 0.338 e. The SMILES string of the molecule is COC(=O)c1ccccc1Cc1[c]ccc(C(=O)O)c1. The molecule has 0 aliphatic carbocycles. The smallest absolute Gasteiger partial charge is 0.338 e. The number of hydrogen-bond donors (Lipinski definition) is 1. The third-order valence-corrected chi connectivity index (χ3v) is 2.91. The Hall–Kier alpha value is -2.62. The summed E-state index contributed by atoms with van der Waals surface area (Å²) in [5.74, 6) is -1.39. The van der Waals surface area contributed by atoms with Crippen LogP contribution in [0.15, 0.2) is 42.5 Å². The molecule has 1 N–H and O–H groups in total. The highest BCUT2D eigenvalue weighted by Gasteiger charge is 2.12. The molecule has 0 aliphatic heterocycles. The van der Waals surface area contributed by atoms with E-state index >= 15 is 0 Å². The minimum Gasteiger partial charge on any atom is -0.478 e. The van der Waals surface area contributed by atoms with Crippen LogP contribution in [-0.2, 0) is 11.2 Å². The van der Waals surface area contributed by atoms with Crippen LogP contribution in [0.1, 0.15) is 31.8 Å². The van der Waals surface area contributed by atoms with Crippen molar-refractivity contribution in [1.29, 1.82) is 0 Å². The van der Waals surface area contributed by atoms with E-state index in [1.54, 1.807) is 24.3 Å². The van der Waals surface area contributed by atoms with Crippen molar-refractivity contribution in [3.05, 3.63) is 70.8 Å². The maximum absolute atomic E-state index is 11.7. The Labute approximate surface area is 116 Å². The number of esters is 1. The third kappa shape index (κ3) is 3.03.